The highest BCUT2D eigenvalue weighted by molar-refractivity contribution is 6.10. The van der Waals surface area contributed by atoms with Crippen LogP contribution in [0.1, 0.15) is 64.0 Å². The fourth-order valence-corrected chi connectivity index (χ4v) is 6.34. The summed E-state index contributed by atoms with van der Waals surface area (Å²) in [4.78, 5) is 35.9. The molecule has 0 spiro atoms. The number of ether oxygens (including phenoxy) is 1. The zero-order valence-electron chi connectivity index (χ0n) is 19.6. The molecular weight excluding hydrogens is 402 g/mol. The summed E-state index contributed by atoms with van der Waals surface area (Å²) in [6.07, 6.45) is 9.79. The van der Waals surface area contributed by atoms with Crippen molar-refractivity contribution < 1.29 is 14.3 Å². The Bertz CT molecular complexity index is 994. The topological polar surface area (TPSA) is 81.2 Å². The standard InChI is InChI=1S/C26H33N3O3/c1-17(18-7-12-27-13-8-18)26(23(31)32-5,19-9-14-28-15-10-19)22(30)29-21-16-20-6-11-25(21,4)24(20,2)3/h7-10,12-15,17,20-21H,6,11,16H2,1-5H3,(H,29,30). The Labute approximate surface area is 190 Å². The van der Waals surface area contributed by atoms with E-state index in [1.54, 1.807) is 36.9 Å². The average Bonchev–Trinajstić information content (AvgIpc) is 3.14. The third-order valence-corrected chi connectivity index (χ3v) is 8.96. The molecule has 0 aliphatic heterocycles. The minimum Gasteiger partial charge on any atom is -0.468 e. The van der Waals surface area contributed by atoms with E-state index in [-0.39, 0.29) is 22.8 Å². The Morgan fingerprint density at radius 2 is 1.69 bits per heavy atom. The number of hydrogen-bond acceptors (Lipinski definition) is 5. The number of carbonyl (C=O) groups is 2. The summed E-state index contributed by atoms with van der Waals surface area (Å²) in [5, 5.41) is 3.34. The highest BCUT2D eigenvalue weighted by Crippen LogP contribution is 2.65. The highest BCUT2D eigenvalue weighted by Gasteiger charge is 2.63. The van der Waals surface area contributed by atoms with E-state index in [1.165, 1.54) is 13.5 Å². The van der Waals surface area contributed by atoms with E-state index < -0.39 is 17.3 Å². The summed E-state index contributed by atoms with van der Waals surface area (Å²) in [7, 11) is 1.34. The van der Waals surface area contributed by atoms with Crippen LogP contribution in [-0.2, 0) is 19.7 Å². The minimum atomic E-state index is -1.54. The van der Waals surface area contributed by atoms with Crippen molar-refractivity contribution in [1.29, 1.82) is 0 Å². The number of carbonyl (C=O) groups excluding carboxylic acids is 2. The van der Waals surface area contributed by atoms with Gasteiger partial charge in [0.2, 0.25) is 5.91 Å². The third kappa shape index (κ3) is 3.06. The fraction of sp³-hybridized carbons (Fsp3) is 0.538. The van der Waals surface area contributed by atoms with Gasteiger partial charge in [0, 0.05) is 36.7 Å². The number of nitrogens with zero attached hydrogens (tertiary/aromatic N) is 2. The van der Waals surface area contributed by atoms with Crippen molar-refractivity contribution in [2.45, 2.75) is 64.3 Å². The first-order chi connectivity index (χ1) is 15.2. The van der Waals surface area contributed by atoms with Gasteiger partial charge >= 0.3 is 5.97 Å². The molecule has 2 saturated carbocycles. The predicted octanol–water partition coefficient (Wildman–Crippen LogP) is 4.02. The lowest BCUT2D eigenvalue weighted by atomic mass is 9.66. The van der Waals surface area contributed by atoms with E-state index in [1.807, 2.05) is 19.1 Å². The molecule has 2 aliphatic rings. The van der Waals surface area contributed by atoms with Crippen molar-refractivity contribution in [3.63, 3.8) is 0 Å². The van der Waals surface area contributed by atoms with E-state index in [2.05, 4.69) is 36.1 Å². The van der Waals surface area contributed by atoms with E-state index in [0.717, 1.165) is 18.4 Å². The first kappa shape index (κ1) is 22.4. The quantitative estimate of drug-likeness (QED) is 0.547. The van der Waals surface area contributed by atoms with Gasteiger partial charge in [-0.25, -0.2) is 0 Å². The Balaban J connectivity index is 1.80. The largest absolute Gasteiger partial charge is 0.468 e. The van der Waals surface area contributed by atoms with E-state index >= 15 is 0 Å². The highest BCUT2D eigenvalue weighted by atomic mass is 16.5. The molecule has 5 unspecified atom stereocenters. The molecule has 2 bridgehead atoms. The summed E-state index contributed by atoms with van der Waals surface area (Å²) in [6.45, 7) is 8.81. The summed E-state index contributed by atoms with van der Waals surface area (Å²) < 4.78 is 5.29. The van der Waals surface area contributed by atoms with Crippen LogP contribution in [0.3, 0.4) is 0 Å². The first-order valence-electron chi connectivity index (χ1n) is 11.4. The number of rotatable bonds is 6. The Morgan fingerprint density at radius 3 is 2.19 bits per heavy atom. The Morgan fingerprint density at radius 1 is 1.09 bits per heavy atom. The molecule has 2 aromatic rings. The number of amides is 1. The van der Waals surface area contributed by atoms with Crippen molar-refractivity contribution in [3.8, 4) is 0 Å². The molecule has 0 radical (unpaired) electrons. The zero-order chi connectivity index (χ0) is 23.1. The van der Waals surface area contributed by atoms with Crippen LogP contribution in [0.4, 0.5) is 0 Å². The molecule has 1 amide bonds. The smallest absolute Gasteiger partial charge is 0.326 e. The number of methoxy groups -OCH3 is 1. The summed E-state index contributed by atoms with van der Waals surface area (Å²) in [5.74, 6) is -0.781. The second kappa shape index (κ2) is 7.98. The van der Waals surface area contributed by atoms with Crippen molar-refractivity contribution in [2.75, 3.05) is 7.11 Å². The molecule has 0 aromatic carbocycles. The first-order valence-corrected chi connectivity index (χ1v) is 11.4. The van der Waals surface area contributed by atoms with Crippen LogP contribution in [0.5, 0.6) is 0 Å². The molecule has 0 saturated heterocycles. The minimum absolute atomic E-state index is 0.00661. The molecule has 6 nitrogen and oxygen atoms in total. The van der Waals surface area contributed by atoms with Crippen LogP contribution in [0.25, 0.3) is 0 Å². The second-order valence-corrected chi connectivity index (χ2v) is 10.2. The monoisotopic (exact) mass is 435 g/mol. The van der Waals surface area contributed by atoms with Gasteiger partial charge in [-0.1, -0.05) is 27.7 Å². The lowest BCUT2D eigenvalue weighted by Gasteiger charge is -2.42. The van der Waals surface area contributed by atoms with E-state index in [9.17, 15) is 9.59 Å². The molecule has 2 fully saturated rings. The summed E-state index contributed by atoms with van der Waals surface area (Å²) >= 11 is 0. The molecule has 2 aromatic heterocycles. The molecule has 32 heavy (non-hydrogen) atoms. The van der Waals surface area contributed by atoms with Gasteiger partial charge in [0.25, 0.3) is 0 Å². The number of nitrogens with one attached hydrogen (secondary N) is 1. The van der Waals surface area contributed by atoms with Crippen molar-refractivity contribution in [1.82, 2.24) is 15.3 Å². The molecule has 5 atom stereocenters. The molecule has 170 valence electrons. The van der Waals surface area contributed by atoms with Crippen molar-refractivity contribution in [3.05, 3.63) is 60.2 Å². The van der Waals surface area contributed by atoms with Crippen molar-refractivity contribution >= 4 is 11.9 Å². The molecule has 6 heteroatoms. The van der Waals surface area contributed by atoms with Gasteiger partial charge in [0.1, 0.15) is 0 Å². The number of pyridine rings is 2. The average molecular weight is 436 g/mol. The number of fused-ring (bicyclic) bond motifs is 2. The lowest BCUT2D eigenvalue weighted by molar-refractivity contribution is -0.154. The van der Waals surface area contributed by atoms with E-state index in [4.69, 9.17) is 4.74 Å². The van der Waals surface area contributed by atoms with Gasteiger partial charge in [-0.2, -0.15) is 0 Å². The van der Waals surface area contributed by atoms with Gasteiger partial charge in [-0.05, 0) is 71.4 Å². The lowest BCUT2D eigenvalue weighted by Crippen LogP contribution is -2.58. The van der Waals surface area contributed by atoms with Gasteiger partial charge in [0.15, 0.2) is 5.41 Å². The predicted molar refractivity (Wildman–Crippen MR) is 122 cm³/mol. The molecule has 2 heterocycles. The van der Waals surface area contributed by atoms with Crippen LogP contribution >= 0.6 is 0 Å². The van der Waals surface area contributed by atoms with E-state index in [0.29, 0.717) is 11.5 Å². The maximum atomic E-state index is 14.2. The normalized spacial score (nSPS) is 28.5. The third-order valence-electron chi connectivity index (χ3n) is 8.96. The van der Waals surface area contributed by atoms with Crippen LogP contribution < -0.4 is 5.32 Å². The van der Waals surface area contributed by atoms with Crippen molar-refractivity contribution in [2.24, 2.45) is 16.7 Å². The van der Waals surface area contributed by atoms with Gasteiger partial charge in [-0.3, -0.25) is 19.6 Å². The molecular formula is C26H33N3O3. The van der Waals surface area contributed by atoms with Gasteiger partial charge < -0.3 is 10.1 Å². The molecule has 4 rings (SSSR count). The Hall–Kier alpha value is -2.76. The number of hydrogen-bond donors (Lipinski definition) is 1. The Kier molecular flexibility index (Phi) is 5.60. The van der Waals surface area contributed by atoms with Crippen LogP contribution in [0, 0.1) is 16.7 Å². The number of aromatic nitrogens is 2. The second-order valence-electron chi connectivity index (χ2n) is 10.2. The van der Waals surface area contributed by atoms with Gasteiger partial charge in [0.05, 0.1) is 7.11 Å². The van der Waals surface area contributed by atoms with Crippen LogP contribution in [-0.4, -0.2) is 35.0 Å². The number of esters is 1. The fourth-order valence-electron chi connectivity index (χ4n) is 6.34. The molecule has 1 N–H and O–H groups in total. The summed E-state index contributed by atoms with van der Waals surface area (Å²) in [6, 6.07) is 7.18. The van der Waals surface area contributed by atoms with Crippen LogP contribution in [0.15, 0.2) is 49.1 Å². The SMILES string of the molecule is COC(=O)C(C(=O)NC1CC2CCC1(C)C2(C)C)(c1ccncc1)C(C)c1ccncc1. The summed E-state index contributed by atoms with van der Waals surface area (Å²) in [5.41, 5.74) is 0.0200. The maximum absolute atomic E-state index is 14.2. The molecule has 2 aliphatic carbocycles. The van der Waals surface area contributed by atoms with Crippen LogP contribution in [0.2, 0.25) is 0 Å². The van der Waals surface area contributed by atoms with Gasteiger partial charge in [-0.15, -0.1) is 0 Å². The maximum Gasteiger partial charge on any atom is 0.326 e. The zero-order valence-corrected chi connectivity index (χ0v) is 19.6.